The number of hydrazone groups is 1. The monoisotopic (exact) mass is 442 g/mol. The van der Waals surface area contributed by atoms with E-state index in [2.05, 4.69) is 10.5 Å². The van der Waals surface area contributed by atoms with Crippen LogP contribution in [0.15, 0.2) is 64.6 Å². The summed E-state index contributed by atoms with van der Waals surface area (Å²) in [6.45, 7) is 3.81. The first-order chi connectivity index (χ1) is 14.8. The van der Waals surface area contributed by atoms with Crippen molar-refractivity contribution in [3.05, 3.63) is 70.3 Å². The van der Waals surface area contributed by atoms with Gasteiger partial charge in [-0.2, -0.15) is 9.41 Å². The maximum absolute atomic E-state index is 13.0. The van der Waals surface area contributed by atoms with Crippen LogP contribution in [0.1, 0.15) is 19.4 Å². The number of phenols is 1. The van der Waals surface area contributed by atoms with Crippen LogP contribution in [0.25, 0.3) is 10.8 Å². The van der Waals surface area contributed by atoms with Crippen molar-refractivity contribution < 1.29 is 18.4 Å². The first kappa shape index (κ1) is 22.2. The molecule has 0 atom stereocenters. The van der Waals surface area contributed by atoms with Gasteiger partial charge in [-0.3, -0.25) is 15.5 Å². The van der Waals surface area contributed by atoms with Crippen molar-refractivity contribution in [2.75, 3.05) is 18.5 Å². The lowest BCUT2D eigenvalue weighted by molar-refractivity contribution is -0.385. The number of sulfonamides is 1. The van der Waals surface area contributed by atoms with Gasteiger partial charge in [0, 0.05) is 30.8 Å². The highest BCUT2D eigenvalue weighted by molar-refractivity contribution is 7.89. The molecule has 0 unspecified atom stereocenters. The third kappa shape index (κ3) is 4.49. The Labute approximate surface area is 179 Å². The fraction of sp³-hybridized carbons (Fsp3) is 0.190. The number of nitro groups is 1. The minimum absolute atomic E-state index is 0.0175. The van der Waals surface area contributed by atoms with E-state index in [0.717, 1.165) is 16.8 Å². The molecule has 3 rings (SSSR count). The number of nitrogens with zero attached hydrogens (tertiary/aromatic N) is 3. The number of benzene rings is 3. The van der Waals surface area contributed by atoms with Gasteiger partial charge in [-0.25, -0.2) is 8.42 Å². The van der Waals surface area contributed by atoms with E-state index in [1.807, 2.05) is 24.3 Å². The standard InChI is InChI=1S/C21H22N4O5S/c1-3-24(4-2)31(29,30)21-13-16(25(27)28)10-11-19(21)23-22-14-18-17-8-6-5-7-15(17)9-12-20(18)26/h5-14,23,26H,3-4H2,1-2H3. The summed E-state index contributed by atoms with van der Waals surface area (Å²) in [6, 6.07) is 14.3. The Hall–Kier alpha value is -3.50. The number of nitro benzene ring substituents is 1. The fourth-order valence-electron chi connectivity index (χ4n) is 3.22. The van der Waals surface area contributed by atoms with E-state index in [0.29, 0.717) is 5.56 Å². The molecular formula is C21H22N4O5S. The first-order valence-corrected chi connectivity index (χ1v) is 11.0. The Morgan fingerprint density at radius 3 is 2.52 bits per heavy atom. The van der Waals surface area contributed by atoms with E-state index >= 15 is 0 Å². The minimum atomic E-state index is -3.98. The number of rotatable bonds is 8. The molecule has 0 heterocycles. The molecule has 0 fully saturated rings. The Bertz CT molecular complexity index is 1250. The number of non-ortho nitro benzene ring substituents is 1. The van der Waals surface area contributed by atoms with Crippen LogP contribution in [-0.4, -0.2) is 42.1 Å². The molecule has 2 N–H and O–H groups in total. The molecule has 0 aliphatic carbocycles. The first-order valence-electron chi connectivity index (χ1n) is 9.58. The van der Waals surface area contributed by atoms with E-state index in [1.165, 1.54) is 22.7 Å². The van der Waals surface area contributed by atoms with E-state index in [1.54, 1.807) is 26.0 Å². The van der Waals surface area contributed by atoms with E-state index < -0.39 is 14.9 Å². The van der Waals surface area contributed by atoms with Crippen LogP contribution >= 0.6 is 0 Å². The summed E-state index contributed by atoms with van der Waals surface area (Å²) in [5.41, 5.74) is 2.87. The molecule has 0 aliphatic heterocycles. The van der Waals surface area contributed by atoms with E-state index in [9.17, 15) is 23.6 Å². The van der Waals surface area contributed by atoms with Crippen molar-refractivity contribution in [2.45, 2.75) is 18.7 Å². The highest BCUT2D eigenvalue weighted by Gasteiger charge is 2.27. The molecule has 3 aromatic carbocycles. The maximum Gasteiger partial charge on any atom is 0.270 e. The van der Waals surface area contributed by atoms with Crippen LogP contribution in [-0.2, 0) is 10.0 Å². The summed E-state index contributed by atoms with van der Waals surface area (Å²) in [5, 5.41) is 27.2. The van der Waals surface area contributed by atoms with Gasteiger partial charge in [0.05, 0.1) is 16.8 Å². The van der Waals surface area contributed by atoms with Gasteiger partial charge < -0.3 is 5.11 Å². The number of anilines is 1. The lowest BCUT2D eigenvalue weighted by atomic mass is 10.0. The van der Waals surface area contributed by atoms with Crippen molar-refractivity contribution in [1.29, 1.82) is 0 Å². The van der Waals surface area contributed by atoms with Crippen molar-refractivity contribution in [2.24, 2.45) is 5.10 Å². The molecule has 0 bridgehead atoms. The second-order valence-corrected chi connectivity index (χ2v) is 8.52. The lowest BCUT2D eigenvalue weighted by Crippen LogP contribution is -2.31. The van der Waals surface area contributed by atoms with Gasteiger partial charge in [0.25, 0.3) is 5.69 Å². The van der Waals surface area contributed by atoms with Crippen LogP contribution in [0.2, 0.25) is 0 Å². The largest absolute Gasteiger partial charge is 0.507 e. The maximum atomic E-state index is 13.0. The molecule has 162 valence electrons. The summed E-state index contributed by atoms with van der Waals surface area (Å²) >= 11 is 0. The number of phenolic OH excluding ortho intramolecular Hbond substituents is 1. The van der Waals surface area contributed by atoms with Crippen LogP contribution in [0.5, 0.6) is 5.75 Å². The molecule has 0 radical (unpaired) electrons. The van der Waals surface area contributed by atoms with Crippen molar-refractivity contribution in [1.82, 2.24) is 4.31 Å². The zero-order valence-electron chi connectivity index (χ0n) is 17.0. The molecule has 0 aliphatic rings. The fourth-order valence-corrected chi connectivity index (χ4v) is 4.84. The summed E-state index contributed by atoms with van der Waals surface area (Å²) in [7, 11) is -3.98. The van der Waals surface area contributed by atoms with Crippen LogP contribution in [0.4, 0.5) is 11.4 Å². The van der Waals surface area contributed by atoms with Gasteiger partial charge in [0.2, 0.25) is 10.0 Å². The van der Waals surface area contributed by atoms with Crippen molar-refractivity contribution in [3.63, 3.8) is 0 Å². The smallest absolute Gasteiger partial charge is 0.270 e. The molecule has 0 spiro atoms. The zero-order valence-corrected chi connectivity index (χ0v) is 17.8. The average molecular weight is 442 g/mol. The van der Waals surface area contributed by atoms with Gasteiger partial charge in [-0.15, -0.1) is 0 Å². The molecule has 3 aromatic rings. The van der Waals surface area contributed by atoms with Crippen molar-refractivity contribution in [3.8, 4) is 5.75 Å². The van der Waals surface area contributed by atoms with Gasteiger partial charge >= 0.3 is 0 Å². The third-order valence-electron chi connectivity index (χ3n) is 4.83. The Morgan fingerprint density at radius 1 is 1.13 bits per heavy atom. The van der Waals surface area contributed by atoms with E-state index in [4.69, 9.17) is 0 Å². The highest BCUT2D eigenvalue weighted by atomic mass is 32.2. The van der Waals surface area contributed by atoms with Gasteiger partial charge in [-0.1, -0.05) is 44.2 Å². The molecule has 9 nitrogen and oxygen atoms in total. The summed E-state index contributed by atoms with van der Waals surface area (Å²) in [4.78, 5) is 10.3. The summed E-state index contributed by atoms with van der Waals surface area (Å²) in [6.07, 6.45) is 1.38. The number of hydrogen-bond donors (Lipinski definition) is 2. The van der Waals surface area contributed by atoms with Crippen molar-refractivity contribution >= 4 is 38.4 Å². The quantitative estimate of drug-likeness (QED) is 0.309. The summed E-state index contributed by atoms with van der Waals surface area (Å²) in [5.74, 6) is 0.0175. The van der Waals surface area contributed by atoms with Gasteiger partial charge in [0.15, 0.2) is 0 Å². The molecule has 31 heavy (non-hydrogen) atoms. The zero-order chi connectivity index (χ0) is 22.6. The molecular weight excluding hydrogens is 420 g/mol. The number of aromatic hydroxyl groups is 1. The molecule has 0 amide bonds. The number of nitrogens with one attached hydrogen (secondary N) is 1. The van der Waals surface area contributed by atoms with Crippen LogP contribution in [0, 0.1) is 10.1 Å². The van der Waals surface area contributed by atoms with Gasteiger partial charge in [0.1, 0.15) is 10.6 Å². The molecule has 10 heteroatoms. The van der Waals surface area contributed by atoms with Gasteiger partial charge in [-0.05, 0) is 22.9 Å². The average Bonchev–Trinajstić information content (AvgIpc) is 2.75. The minimum Gasteiger partial charge on any atom is -0.507 e. The Balaban J connectivity index is 2.03. The predicted molar refractivity (Wildman–Crippen MR) is 120 cm³/mol. The van der Waals surface area contributed by atoms with E-state index in [-0.39, 0.29) is 35.1 Å². The lowest BCUT2D eigenvalue weighted by Gasteiger charge is -2.20. The Kier molecular flexibility index (Phi) is 6.52. The molecule has 0 aromatic heterocycles. The second kappa shape index (κ2) is 9.11. The topological polar surface area (TPSA) is 125 Å². The second-order valence-electron chi connectivity index (χ2n) is 6.62. The Morgan fingerprint density at radius 2 is 1.84 bits per heavy atom. The van der Waals surface area contributed by atoms with Crippen LogP contribution in [0.3, 0.4) is 0 Å². The van der Waals surface area contributed by atoms with Crippen LogP contribution < -0.4 is 5.43 Å². The summed E-state index contributed by atoms with van der Waals surface area (Å²) < 4.78 is 27.3. The number of hydrogen-bond acceptors (Lipinski definition) is 7. The number of fused-ring (bicyclic) bond motifs is 1. The SMILES string of the molecule is CCN(CC)S(=O)(=O)c1cc([N+](=O)[O-])ccc1NN=Cc1c(O)ccc2ccccc12. The predicted octanol–water partition coefficient (Wildman–Crippen LogP) is 3.93. The molecule has 0 saturated heterocycles. The third-order valence-corrected chi connectivity index (χ3v) is 6.92. The normalized spacial score (nSPS) is 12.0. The highest BCUT2D eigenvalue weighted by Crippen LogP contribution is 2.30. The molecule has 0 saturated carbocycles.